The molecule has 0 bridgehead atoms. The Kier molecular flexibility index (Phi) is 7.69. The average Bonchev–Trinajstić information content (AvgIpc) is 2.75. The summed E-state index contributed by atoms with van der Waals surface area (Å²) in [4.78, 5) is 25.9. The molecule has 0 saturated carbocycles. The van der Waals surface area contributed by atoms with E-state index in [2.05, 4.69) is 63.3 Å². The van der Waals surface area contributed by atoms with Crippen LogP contribution in [0.2, 0.25) is 0 Å². The number of hydrogen-bond acceptors (Lipinski definition) is 2. The van der Waals surface area contributed by atoms with Gasteiger partial charge in [-0.05, 0) is 71.1 Å². The van der Waals surface area contributed by atoms with E-state index in [-0.39, 0.29) is 17.0 Å². The van der Waals surface area contributed by atoms with Crippen LogP contribution < -0.4 is 10.6 Å². The van der Waals surface area contributed by atoms with Crippen molar-refractivity contribution in [2.45, 2.75) is 26.2 Å². The van der Waals surface area contributed by atoms with Gasteiger partial charge in [-0.15, -0.1) is 0 Å². The Bertz CT molecular complexity index is 1130. The molecule has 6 heteroatoms. The first-order valence-electron chi connectivity index (χ1n) is 10.1. The Morgan fingerprint density at radius 1 is 0.781 bits per heavy atom. The van der Waals surface area contributed by atoms with Crippen molar-refractivity contribution in [1.82, 2.24) is 5.32 Å². The minimum absolute atomic E-state index is 0.00772. The van der Waals surface area contributed by atoms with E-state index in [1.165, 1.54) is 0 Å². The Hall–Kier alpha value is -2.70. The minimum atomic E-state index is -0.407. The number of halogens is 2. The van der Waals surface area contributed by atoms with Gasteiger partial charge in [0.05, 0.1) is 0 Å². The van der Waals surface area contributed by atoms with Crippen LogP contribution in [0.25, 0.3) is 6.08 Å². The Morgan fingerprint density at radius 3 is 1.84 bits per heavy atom. The van der Waals surface area contributed by atoms with Crippen LogP contribution in [0.5, 0.6) is 0 Å². The fourth-order valence-electron chi connectivity index (χ4n) is 2.93. The molecular weight excluding hydrogens is 532 g/mol. The number of hydrogen-bond donors (Lipinski definition) is 2. The van der Waals surface area contributed by atoms with Crippen LogP contribution >= 0.6 is 31.9 Å². The standard InChI is InChI=1S/C26H24Br2N2O2/c1-26(2,3)19-8-6-18(7-9-19)24(31)30-23(16-17-4-10-20(27)11-5-17)25(32)29-22-14-12-21(28)13-15-22/h4-16H,1-3H3,(H,29,32)(H,30,31). The molecule has 3 aromatic rings. The largest absolute Gasteiger partial charge is 0.321 e. The van der Waals surface area contributed by atoms with Crippen LogP contribution in [0.15, 0.2) is 87.4 Å². The lowest BCUT2D eigenvalue weighted by Gasteiger charge is -2.19. The second-order valence-electron chi connectivity index (χ2n) is 8.35. The third-order valence-electron chi connectivity index (χ3n) is 4.79. The summed E-state index contributed by atoms with van der Waals surface area (Å²) in [5.74, 6) is -0.755. The highest BCUT2D eigenvalue weighted by Gasteiger charge is 2.17. The van der Waals surface area contributed by atoms with Gasteiger partial charge in [0.15, 0.2) is 0 Å². The predicted octanol–water partition coefficient (Wildman–Crippen LogP) is 6.92. The van der Waals surface area contributed by atoms with Gasteiger partial charge in [0.25, 0.3) is 11.8 Å². The van der Waals surface area contributed by atoms with Crippen molar-refractivity contribution in [1.29, 1.82) is 0 Å². The van der Waals surface area contributed by atoms with Crippen molar-refractivity contribution in [3.05, 3.63) is 104 Å². The molecule has 0 spiro atoms. The zero-order valence-electron chi connectivity index (χ0n) is 18.1. The van der Waals surface area contributed by atoms with E-state index in [1.807, 2.05) is 48.5 Å². The van der Waals surface area contributed by atoms with Gasteiger partial charge in [0.1, 0.15) is 5.70 Å². The van der Waals surface area contributed by atoms with Crippen molar-refractivity contribution in [3.8, 4) is 0 Å². The van der Waals surface area contributed by atoms with Gasteiger partial charge >= 0.3 is 0 Å². The van der Waals surface area contributed by atoms with Gasteiger partial charge in [0.2, 0.25) is 0 Å². The van der Waals surface area contributed by atoms with E-state index >= 15 is 0 Å². The normalized spacial score (nSPS) is 11.7. The molecule has 0 aliphatic heterocycles. The molecule has 2 amide bonds. The Morgan fingerprint density at radius 2 is 1.31 bits per heavy atom. The van der Waals surface area contributed by atoms with Crippen LogP contribution in [-0.2, 0) is 10.2 Å². The molecule has 0 aliphatic carbocycles. The number of benzene rings is 3. The van der Waals surface area contributed by atoms with Crippen LogP contribution in [0.3, 0.4) is 0 Å². The highest BCUT2D eigenvalue weighted by atomic mass is 79.9. The van der Waals surface area contributed by atoms with Crippen molar-refractivity contribution >= 4 is 55.4 Å². The topological polar surface area (TPSA) is 58.2 Å². The minimum Gasteiger partial charge on any atom is -0.321 e. The van der Waals surface area contributed by atoms with Gasteiger partial charge in [-0.3, -0.25) is 9.59 Å². The average molecular weight is 556 g/mol. The number of carbonyl (C=O) groups is 2. The summed E-state index contributed by atoms with van der Waals surface area (Å²) in [5, 5.41) is 5.61. The third-order valence-corrected chi connectivity index (χ3v) is 5.85. The van der Waals surface area contributed by atoms with Crippen LogP contribution in [0.4, 0.5) is 5.69 Å². The molecule has 2 N–H and O–H groups in total. The molecule has 3 aromatic carbocycles. The fourth-order valence-corrected chi connectivity index (χ4v) is 3.46. The third kappa shape index (κ3) is 6.65. The molecule has 4 nitrogen and oxygen atoms in total. The lowest BCUT2D eigenvalue weighted by atomic mass is 9.87. The summed E-state index contributed by atoms with van der Waals surface area (Å²) in [7, 11) is 0. The molecule has 0 atom stereocenters. The first-order chi connectivity index (χ1) is 15.1. The lowest BCUT2D eigenvalue weighted by molar-refractivity contribution is -0.113. The number of rotatable bonds is 5. The Labute approximate surface area is 205 Å². The maximum atomic E-state index is 13.0. The fraction of sp³-hybridized carbons (Fsp3) is 0.154. The molecule has 0 unspecified atom stereocenters. The first-order valence-corrected chi connectivity index (χ1v) is 11.7. The van der Waals surface area contributed by atoms with Gasteiger partial charge in [-0.25, -0.2) is 0 Å². The summed E-state index contributed by atoms with van der Waals surface area (Å²) < 4.78 is 1.84. The van der Waals surface area contributed by atoms with Crippen LogP contribution in [-0.4, -0.2) is 11.8 Å². The molecule has 0 aromatic heterocycles. The number of carbonyl (C=O) groups excluding carboxylic acids is 2. The van der Waals surface area contributed by atoms with Gasteiger partial charge < -0.3 is 10.6 Å². The lowest BCUT2D eigenvalue weighted by Crippen LogP contribution is -2.30. The predicted molar refractivity (Wildman–Crippen MR) is 137 cm³/mol. The molecular formula is C26H24Br2N2O2. The summed E-state index contributed by atoms with van der Waals surface area (Å²) >= 11 is 6.79. The van der Waals surface area contributed by atoms with Gasteiger partial charge in [-0.2, -0.15) is 0 Å². The molecule has 0 heterocycles. The molecule has 0 aliphatic rings. The van der Waals surface area contributed by atoms with Crippen molar-refractivity contribution < 1.29 is 9.59 Å². The van der Waals surface area contributed by atoms with Crippen molar-refractivity contribution in [3.63, 3.8) is 0 Å². The maximum absolute atomic E-state index is 13.0. The molecule has 164 valence electrons. The zero-order valence-corrected chi connectivity index (χ0v) is 21.2. The number of anilines is 1. The second kappa shape index (κ2) is 10.3. The molecule has 3 rings (SSSR count). The van der Waals surface area contributed by atoms with Crippen molar-refractivity contribution in [2.75, 3.05) is 5.32 Å². The molecule has 0 fully saturated rings. The monoisotopic (exact) mass is 554 g/mol. The van der Waals surface area contributed by atoms with E-state index in [4.69, 9.17) is 0 Å². The van der Waals surface area contributed by atoms with E-state index in [1.54, 1.807) is 30.3 Å². The quantitative estimate of drug-likeness (QED) is 0.336. The Balaban J connectivity index is 1.86. The summed E-state index contributed by atoms with van der Waals surface area (Å²) in [6.07, 6.45) is 1.65. The highest BCUT2D eigenvalue weighted by molar-refractivity contribution is 9.10. The summed E-state index contributed by atoms with van der Waals surface area (Å²) in [6, 6.07) is 22.2. The maximum Gasteiger partial charge on any atom is 0.272 e. The SMILES string of the molecule is CC(C)(C)c1ccc(C(=O)NC(=Cc2ccc(Br)cc2)C(=O)Nc2ccc(Br)cc2)cc1. The first kappa shape index (κ1) is 24.0. The number of nitrogens with one attached hydrogen (secondary N) is 2. The van der Waals surface area contributed by atoms with E-state index in [0.29, 0.717) is 11.3 Å². The molecule has 32 heavy (non-hydrogen) atoms. The summed E-state index contributed by atoms with van der Waals surface area (Å²) in [6.45, 7) is 6.36. The molecule has 0 radical (unpaired) electrons. The van der Waals surface area contributed by atoms with E-state index in [0.717, 1.165) is 20.1 Å². The van der Waals surface area contributed by atoms with Crippen LogP contribution in [0.1, 0.15) is 42.3 Å². The van der Waals surface area contributed by atoms with E-state index in [9.17, 15) is 9.59 Å². The van der Waals surface area contributed by atoms with Crippen molar-refractivity contribution in [2.24, 2.45) is 0 Å². The molecule has 0 saturated heterocycles. The van der Waals surface area contributed by atoms with E-state index < -0.39 is 5.91 Å². The second-order valence-corrected chi connectivity index (χ2v) is 10.2. The van der Waals surface area contributed by atoms with Gasteiger partial charge in [-0.1, -0.05) is 76.9 Å². The smallest absolute Gasteiger partial charge is 0.272 e. The summed E-state index contributed by atoms with van der Waals surface area (Å²) in [5.41, 5.74) is 3.18. The number of amides is 2. The van der Waals surface area contributed by atoms with Gasteiger partial charge in [0, 0.05) is 20.2 Å². The van der Waals surface area contributed by atoms with Crippen LogP contribution in [0, 0.1) is 0 Å². The highest BCUT2D eigenvalue weighted by Crippen LogP contribution is 2.22. The zero-order chi connectivity index (χ0) is 23.3.